The van der Waals surface area contributed by atoms with Gasteiger partial charge in [0.1, 0.15) is 5.76 Å². The summed E-state index contributed by atoms with van der Waals surface area (Å²) in [5.41, 5.74) is 0.941. The van der Waals surface area contributed by atoms with E-state index >= 15 is 0 Å². The van der Waals surface area contributed by atoms with Crippen LogP contribution in [0, 0.1) is 6.92 Å². The van der Waals surface area contributed by atoms with Crippen LogP contribution in [0.3, 0.4) is 0 Å². The Balaban J connectivity index is 2.05. The normalized spacial score (nSPS) is 10.6. The Hall–Kier alpha value is -1.40. The first kappa shape index (κ1) is 11.1. The second-order valence-corrected chi connectivity index (χ2v) is 3.99. The SMILES string of the molecule is COCCNc1nc(-c2ccoc2C)ns1. The molecular weight excluding hydrogens is 226 g/mol. The Morgan fingerprint density at radius 3 is 3.12 bits per heavy atom. The molecule has 0 amide bonds. The van der Waals surface area contributed by atoms with Crippen LogP contribution in [-0.2, 0) is 4.74 Å². The van der Waals surface area contributed by atoms with Crippen LogP contribution in [0.5, 0.6) is 0 Å². The van der Waals surface area contributed by atoms with E-state index in [1.54, 1.807) is 13.4 Å². The minimum Gasteiger partial charge on any atom is -0.469 e. The predicted octanol–water partition coefficient (Wildman–Crippen LogP) is 2.16. The maximum Gasteiger partial charge on any atom is 0.202 e. The second kappa shape index (κ2) is 5.09. The summed E-state index contributed by atoms with van der Waals surface area (Å²) in [6, 6.07) is 1.87. The van der Waals surface area contributed by atoms with Gasteiger partial charge in [0.25, 0.3) is 0 Å². The highest BCUT2D eigenvalue weighted by molar-refractivity contribution is 7.09. The molecular formula is C10H13N3O2S. The molecule has 1 N–H and O–H groups in total. The predicted molar refractivity (Wildman–Crippen MR) is 62.7 cm³/mol. The van der Waals surface area contributed by atoms with Gasteiger partial charge in [0.2, 0.25) is 5.13 Å². The summed E-state index contributed by atoms with van der Waals surface area (Å²) < 4.78 is 14.4. The van der Waals surface area contributed by atoms with E-state index in [9.17, 15) is 0 Å². The molecule has 0 fully saturated rings. The van der Waals surface area contributed by atoms with E-state index in [0.717, 1.165) is 23.0 Å². The first-order valence-electron chi connectivity index (χ1n) is 4.92. The van der Waals surface area contributed by atoms with E-state index in [2.05, 4.69) is 14.7 Å². The van der Waals surface area contributed by atoms with Crippen molar-refractivity contribution >= 4 is 16.7 Å². The number of anilines is 1. The van der Waals surface area contributed by atoms with Crippen LogP contribution in [0.4, 0.5) is 5.13 Å². The highest BCUT2D eigenvalue weighted by Gasteiger charge is 2.10. The van der Waals surface area contributed by atoms with Crippen LogP contribution in [0.2, 0.25) is 0 Å². The van der Waals surface area contributed by atoms with Crippen molar-refractivity contribution in [1.82, 2.24) is 9.36 Å². The smallest absolute Gasteiger partial charge is 0.202 e. The number of hydrogen-bond donors (Lipinski definition) is 1. The molecule has 0 aliphatic carbocycles. The molecule has 0 aliphatic rings. The molecule has 6 heteroatoms. The second-order valence-electron chi connectivity index (χ2n) is 3.23. The van der Waals surface area contributed by atoms with Gasteiger partial charge in [0.15, 0.2) is 5.82 Å². The zero-order chi connectivity index (χ0) is 11.4. The van der Waals surface area contributed by atoms with Crippen LogP contribution in [0.1, 0.15) is 5.76 Å². The summed E-state index contributed by atoms with van der Waals surface area (Å²) in [4.78, 5) is 4.37. The summed E-state index contributed by atoms with van der Waals surface area (Å²) >= 11 is 1.34. The third-order valence-electron chi connectivity index (χ3n) is 2.11. The van der Waals surface area contributed by atoms with Gasteiger partial charge in [-0.3, -0.25) is 0 Å². The zero-order valence-electron chi connectivity index (χ0n) is 9.19. The van der Waals surface area contributed by atoms with Crippen LogP contribution >= 0.6 is 11.5 Å². The van der Waals surface area contributed by atoms with Gasteiger partial charge >= 0.3 is 0 Å². The number of aromatic nitrogens is 2. The molecule has 16 heavy (non-hydrogen) atoms. The molecule has 0 aliphatic heterocycles. The largest absolute Gasteiger partial charge is 0.469 e. The maximum atomic E-state index is 5.21. The molecule has 0 aromatic carbocycles. The molecule has 0 spiro atoms. The molecule has 86 valence electrons. The molecule has 2 rings (SSSR count). The van der Waals surface area contributed by atoms with E-state index in [0.29, 0.717) is 12.4 Å². The lowest BCUT2D eigenvalue weighted by Crippen LogP contribution is -2.06. The highest BCUT2D eigenvalue weighted by Crippen LogP contribution is 2.24. The Morgan fingerprint density at radius 2 is 2.44 bits per heavy atom. The third-order valence-corrected chi connectivity index (χ3v) is 2.78. The maximum absolute atomic E-state index is 5.21. The van der Waals surface area contributed by atoms with Gasteiger partial charge in [-0.15, -0.1) is 0 Å². The van der Waals surface area contributed by atoms with E-state index in [1.165, 1.54) is 11.5 Å². The summed E-state index contributed by atoms with van der Waals surface area (Å²) in [6.07, 6.45) is 1.64. The first-order valence-corrected chi connectivity index (χ1v) is 5.69. The summed E-state index contributed by atoms with van der Waals surface area (Å²) in [7, 11) is 1.67. The van der Waals surface area contributed by atoms with Crippen LogP contribution in [0.15, 0.2) is 16.7 Å². The number of aryl methyl sites for hydroxylation is 1. The molecule has 5 nitrogen and oxygen atoms in total. The molecule has 0 radical (unpaired) electrons. The van der Waals surface area contributed by atoms with Crippen LogP contribution in [-0.4, -0.2) is 29.6 Å². The van der Waals surface area contributed by atoms with Crippen LogP contribution < -0.4 is 5.32 Å². The lowest BCUT2D eigenvalue weighted by Gasteiger charge is -1.98. The van der Waals surface area contributed by atoms with Crippen molar-refractivity contribution < 1.29 is 9.15 Å². The lowest BCUT2D eigenvalue weighted by atomic mass is 10.2. The Bertz CT molecular complexity index is 452. The van der Waals surface area contributed by atoms with Crippen molar-refractivity contribution in [2.24, 2.45) is 0 Å². The summed E-state index contributed by atoms with van der Waals surface area (Å²) in [5, 5.41) is 3.94. The van der Waals surface area contributed by atoms with Crippen molar-refractivity contribution in [1.29, 1.82) is 0 Å². The zero-order valence-corrected chi connectivity index (χ0v) is 10.0. The van der Waals surface area contributed by atoms with Crippen molar-refractivity contribution in [3.63, 3.8) is 0 Å². The first-order chi connectivity index (χ1) is 7.81. The third kappa shape index (κ3) is 2.40. The number of furan rings is 1. The highest BCUT2D eigenvalue weighted by atomic mass is 32.1. The Labute approximate surface area is 97.6 Å². The van der Waals surface area contributed by atoms with Crippen LogP contribution in [0.25, 0.3) is 11.4 Å². The van der Waals surface area contributed by atoms with Gasteiger partial charge in [-0.1, -0.05) is 0 Å². The molecule has 0 unspecified atom stereocenters. The minimum absolute atomic E-state index is 0.652. The lowest BCUT2D eigenvalue weighted by molar-refractivity contribution is 0.211. The molecule has 2 aromatic rings. The Morgan fingerprint density at radius 1 is 1.56 bits per heavy atom. The van der Waals surface area contributed by atoms with Crippen molar-refractivity contribution in [2.75, 3.05) is 25.6 Å². The van der Waals surface area contributed by atoms with E-state index in [4.69, 9.17) is 9.15 Å². The van der Waals surface area contributed by atoms with Gasteiger partial charge in [0.05, 0.1) is 18.4 Å². The van der Waals surface area contributed by atoms with Crippen molar-refractivity contribution in [3.8, 4) is 11.4 Å². The van der Waals surface area contributed by atoms with Gasteiger partial charge in [-0.25, -0.2) is 0 Å². The average molecular weight is 239 g/mol. The molecule has 0 saturated carbocycles. The summed E-state index contributed by atoms with van der Waals surface area (Å²) in [5.74, 6) is 1.54. The van der Waals surface area contributed by atoms with E-state index < -0.39 is 0 Å². The van der Waals surface area contributed by atoms with Gasteiger partial charge in [-0.05, 0) is 13.0 Å². The molecule has 2 heterocycles. The topological polar surface area (TPSA) is 60.2 Å². The molecule has 0 atom stereocenters. The average Bonchev–Trinajstić information content (AvgIpc) is 2.87. The summed E-state index contributed by atoms with van der Waals surface area (Å²) in [6.45, 7) is 3.28. The number of methoxy groups -OCH3 is 1. The quantitative estimate of drug-likeness (QED) is 0.810. The Kier molecular flexibility index (Phi) is 3.53. The number of rotatable bonds is 5. The molecule has 0 bridgehead atoms. The van der Waals surface area contributed by atoms with E-state index in [-0.39, 0.29) is 0 Å². The number of ether oxygens (including phenoxy) is 1. The molecule has 0 saturated heterocycles. The van der Waals surface area contributed by atoms with Crippen molar-refractivity contribution in [3.05, 3.63) is 18.1 Å². The van der Waals surface area contributed by atoms with Gasteiger partial charge < -0.3 is 14.5 Å². The fourth-order valence-corrected chi connectivity index (χ4v) is 1.89. The fourth-order valence-electron chi connectivity index (χ4n) is 1.28. The standard InChI is InChI=1S/C10H13N3O2S/c1-7-8(3-5-15-7)9-12-10(16-13-9)11-4-6-14-2/h3,5H,4,6H2,1-2H3,(H,11,12,13). The number of nitrogens with zero attached hydrogens (tertiary/aromatic N) is 2. The molecule has 2 aromatic heterocycles. The van der Waals surface area contributed by atoms with E-state index in [1.807, 2.05) is 13.0 Å². The van der Waals surface area contributed by atoms with Gasteiger partial charge in [0, 0.05) is 25.2 Å². The minimum atomic E-state index is 0.652. The van der Waals surface area contributed by atoms with Crippen molar-refractivity contribution in [2.45, 2.75) is 6.92 Å². The number of hydrogen-bond acceptors (Lipinski definition) is 6. The monoisotopic (exact) mass is 239 g/mol. The number of nitrogens with one attached hydrogen (secondary N) is 1. The van der Waals surface area contributed by atoms with Gasteiger partial charge in [-0.2, -0.15) is 9.36 Å². The fraction of sp³-hybridized carbons (Fsp3) is 0.400.